The number of hydrogen-bond donors (Lipinski definition) is 3. The van der Waals surface area contributed by atoms with E-state index in [0.29, 0.717) is 12.2 Å². The molecule has 2 rings (SSSR count). The molecule has 0 spiro atoms. The molecule has 0 radical (unpaired) electrons. The van der Waals surface area contributed by atoms with Crippen molar-refractivity contribution in [3.63, 3.8) is 0 Å². The third-order valence-corrected chi connectivity index (χ3v) is 4.00. The Bertz CT molecular complexity index is 497. The number of unbranched alkanes of at least 4 members (excludes halogenated alkanes) is 1. The van der Waals surface area contributed by atoms with Crippen LogP contribution in [-0.4, -0.2) is 51.4 Å². The van der Waals surface area contributed by atoms with Crippen molar-refractivity contribution in [2.45, 2.75) is 51.1 Å². The van der Waals surface area contributed by atoms with Crippen LogP contribution in [0.2, 0.25) is 0 Å². The molecule has 1 saturated heterocycles. The Morgan fingerprint density at radius 3 is 3.05 bits per heavy atom. The number of aromatic nitrogens is 2. The van der Waals surface area contributed by atoms with E-state index in [-0.39, 0.29) is 12.6 Å². The summed E-state index contributed by atoms with van der Waals surface area (Å²) in [6, 6.07) is 1.20. The summed E-state index contributed by atoms with van der Waals surface area (Å²) in [5.41, 5.74) is 0. The quantitative estimate of drug-likeness (QED) is 0.669. The van der Waals surface area contributed by atoms with E-state index in [2.05, 4.69) is 20.2 Å². The lowest BCUT2D eigenvalue weighted by Gasteiger charge is -2.24. The van der Waals surface area contributed by atoms with Gasteiger partial charge >= 0.3 is 5.97 Å². The lowest BCUT2D eigenvalue weighted by atomic mass is 10.1. The summed E-state index contributed by atoms with van der Waals surface area (Å²) in [6.45, 7) is 2.98. The van der Waals surface area contributed by atoms with Crippen LogP contribution in [0.4, 0.5) is 11.6 Å². The van der Waals surface area contributed by atoms with Crippen LogP contribution in [0.5, 0.6) is 0 Å². The molecule has 0 bridgehead atoms. The van der Waals surface area contributed by atoms with Crippen molar-refractivity contribution in [3.8, 4) is 0 Å². The molecule has 2 atom stereocenters. The van der Waals surface area contributed by atoms with Gasteiger partial charge in [0.2, 0.25) is 0 Å². The molecule has 0 amide bonds. The number of rotatable bonds is 8. The minimum Gasteiger partial charge on any atom is -0.480 e. The van der Waals surface area contributed by atoms with Crippen LogP contribution in [0.3, 0.4) is 0 Å². The van der Waals surface area contributed by atoms with E-state index in [9.17, 15) is 15.0 Å². The van der Waals surface area contributed by atoms with Gasteiger partial charge in [0.15, 0.2) is 0 Å². The van der Waals surface area contributed by atoms with Gasteiger partial charge in [0.1, 0.15) is 24.0 Å². The van der Waals surface area contributed by atoms with Crippen molar-refractivity contribution in [2.24, 2.45) is 0 Å². The molecule has 1 aromatic heterocycles. The first-order valence-corrected chi connectivity index (χ1v) is 7.84. The third kappa shape index (κ3) is 4.07. The van der Waals surface area contributed by atoms with Crippen LogP contribution in [0.1, 0.15) is 39.0 Å². The maximum absolute atomic E-state index is 11.3. The normalized spacial score (nSPS) is 19.2. The second-order valence-corrected chi connectivity index (χ2v) is 5.61. The second-order valence-electron chi connectivity index (χ2n) is 5.61. The average molecular weight is 308 g/mol. The molecular formula is C15H24N4O3. The molecule has 1 aliphatic heterocycles. The highest BCUT2D eigenvalue weighted by Crippen LogP contribution is 2.24. The van der Waals surface area contributed by atoms with Gasteiger partial charge in [-0.3, -0.25) is 0 Å². The number of carbonyl (C=O) groups is 1. The standard InChI is InChI=1S/C15H24N4O3/c1-2-3-6-12(15(21)22)18-13-8-14(17-10-16-13)19-7-4-5-11(19)9-20/h8,10-12,20H,2-7,9H2,1H3,(H,21,22)(H,16,17,18)/t11?,12-/m0/s1. The van der Waals surface area contributed by atoms with Gasteiger partial charge in [-0.05, 0) is 19.3 Å². The fourth-order valence-corrected chi connectivity index (χ4v) is 2.75. The van der Waals surface area contributed by atoms with E-state index in [4.69, 9.17) is 0 Å². The maximum atomic E-state index is 11.3. The topological polar surface area (TPSA) is 98.6 Å². The first kappa shape index (κ1) is 16.5. The predicted molar refractivity (Wildman–Crippen MR) is 84.1 cm³/mol. The number of aliphatic hydroxyl groups is 1. The smallest absolute Gasteiger partial charge is 0.326 e. The summed E-state index contributed by atoms with van der Waals surface area (Å²) in [5.74, 6) is 0.369. The third-order valence-electron chi connectivity index (χ3n) is 4.00. The van der Waals surface area contributed by atoms with Crippen LogP contribution in [0.15, 0.2) is 12.4 Å². The van der Waals surface area contributed by atoms with Crippen molar-refractivity contribution in [3.05, 3.63) is 12.4 Å². The van der Waals surface area contributed by atoms with Crippen LogP contribution in [0, 0.1) is 0 Å². The maximum Gasteiger partial charge on any atom is 0.326 e. The summed E-state index contributed by atoms with van der Waals surface area (Å²) in [6.07, 6.45) is 5.76. The van der Waals surface area contributed by atoms with Gasteiger partial charge in [0, 0.05) is 12.6 Å². The van der Waals surface area contributed by atoms with Crippen molar-refractivity contribution in [1.29, 1.82) is 0 Å². The fourth-order valence-electron chi connectivity index (χ4n) is 2.75. The molecule has 3 N–H and O–H groups in total. The highest BCUT2D eigenvalue weighted by Gasteiger charge is 2.25. The minimum atomic E-state index is -0.872. The Balaban J connectivity index is 2.08. The molecule has 2 heterocycles. The molecule has 1 unspecified atom stereocenters. The molecule has 1 aromatic rings. The van der Waals surface area contributed by atoms with Gasteiger partial charge in [-0.15, -0.1) is 0 Å². The Morgan fingerprint density at radius 2 is 2.36 bits per heavy atom. The first-order chi connectivity index (χ1) is 10.7. The number of hydrogen-bond acceptors (Lipinski definition) is 6. The number of carboxylic acids is 1. The van der Waals surface area contributed by atoms with Gasteiger partial charge in [-0.1, -0.05) is 19.8 Å². The first-order valence-electron chi connectivity index (χ1n) is 7.84. The predicted octanol–water partition coefficient (Wildman–Crippen LogP) is 1.49. The Labute approximate surface area is 130 Å². The Morgan fingerprint density at radius 1 is 1.55 bits per heavy atom. The largest absolute Gasteiger partial charge is 0.480 e. The SMILES string of the molecule is CCCC[C@H](Nc1cc(N2CCCC2CO)ncn1)C(=O)O. The molecule has 1 aliphatic rings. The van der Waals surface area contributed by atoms with Gasteiger partial charge in [0.25, 0.3) is 0 Å². The van der Waals surface area contributed by atoms with Crippen LogP contribution in [-0.2, 0) is 4.79 Å². The lowest BCUT2D eigenvalue weighted by Crippen LogP contribution is -2.33. The van der Waals surface area contributed by atoms with Gasteiger partial charge in [0.05, 0.1) is 12.6 Å². The summed E-state index contributed by atoms with van der Waals surface area (Å²) in [5, 5.41) is 21.6. The number of aliphatic hydroxyl groups excluding tert-OH is 1. The zero-order valence-electron chi connectivity index (χ0n) is 12.9. The summed E-state index contributed by atoms with van der Waals surface area (Å²) in [4.78, 5) is 21.7. The molecule has 0 saturated carbocycles. The fraction of sp³-hybridized carbons (Fsp3) is 0.667. The summed E-state index contributed by atoms with van der Waals surface area (Å²) < 4.78 is 0. The van der Waals surface area contributed by atoms with Gasteiger partial charge in [-0.2, -0.15) is 0 Å². The van der Waals surface area contributed by atoms with Crippen LogP contribution in [0.25, 0.3) is 0 Å². The minimum absolute atomic E-state index is 0.0816. The monoisotopic (exact) mass is 308 g/mol. The Hall–Kier alpha value is -1.89. The molecule has 0 aromatic carbocycles. The van der Waals surface area contributed by atoms with Gasteiger partial charge in [-0.25, -0.2) is 14.8 Å². The second kappa shape index (κ2) is 7.93. The van der Waals surface area contributed by atoms with Crippen molar-refractivity contribution in [2.75, 3.05) is 23.4 Å². The molecular weight excluding hydrogens is 284 g/mol. The van der Waals surface area contributed by atoms with E-state index < -0.39 is 12.0 Å². The molecule has 1 fully saturated rings. The molecule has 122 valence electrons. The van der Waals surface area contributed by atoms with E-state index >= 15 is 0 Å². The zero-order valence-corrected chi connectivity index (χ0v) is 12.9. The molecule has 7 nitrogen and oxygen atoms in total. The van der Waals surface area contributed by atoms with Crippen molar-refractivity contribution < 1.29 is 15.0 Å². The van der Waals surface area contributed by atoms with E-state index in [1.807, 2.05) is 6.92 Å². The van der Waals surface area contributed by atoms with Crippen LogP contribution >= 0.6 is 0 Å². The summed E-state index contributed by atoms with van der Waals surface area (Å²) >= 11 is 0. The summed E-state index contributed by atoms with van der Waals surface area (Å²) in [7, 11) is 0. The highest BCUT2D eigenvalue weighted by molar-refractivity contribution is 5.77. The molecule has 22 heavy (non-hydrogen) atoms. The Kier molecular flexibility index (Phi) is 5.94. The number of aliphatic carboxylic acids is 1. The van der Waals surface area contributed by atoms with Crippen molar-refractivity contribution >= 4 is 17.6 Å². The van der Waals surface area contributed by atoms with E-state index in [1.165, 1.54) is 6.33 Å². The number of nitrogens with one attached hydrogen (secondary N) is 1. The molecule has 0 aliphatic carbocycles. The highest BCUT2D eigenvalue weighted by atomic mass is 16.4. The zero-order chi connectivity index (χ0) is 15.9. The molecule has 7 heteroatoms. The van der Waals surface area contributed by atoms with E-state index in [0.717, 1.165) is 38.0 Å². The average Bonchev–Trinajstić information content (AvgIpc) is 3.00. The van der Waals surface area contributed by atoms with Crippen LogP contribution < -0.4 is 10.2 Å². The lowest BCUT2D eigenvalue weighted by molar-refractivity contribution is -0.138. The number of anilines is 2. The van der Waals surface area contributed by atoms with Gasteiger partial charge < -0.3 is 20.4 Å². The van der Waals surface area contributed by atoms with E-state index in [1.54, 1.807) is 6.07 Å². The van der Waals surface area contributed by atoms with Crippen molar-refractivity contribution in [1.82, 2.24) is 9.97 Å². The number of carboxylic acid groups (broad SMARTS) is 1. The number of nitrogens with zero attached hydrogens (tertiary/aromatic N) is 3.